The van der Waals surface area contributed by atoms with Crippen molar-refractivity contribution in [1.82, 2.24) is 0 Å². The normalized spacial score (nSPS) is 16.1. The average Bonchev–Trinajstić information content (AvgIpc) is 2.16. The smallest absolute Gasteiger partial charge is 0.303 e. The van der Waals surface area contributed by atoms with Gasteiger partial charge in [0.1, 0.15) is 0 Å². The minimum atomic E-state index is -0.717. The van der Waals surface area contributed by atoms with E-state index < -0.39 is 5.97 Å². The van der Waals surface area contributed by atoms with Crippen molar-refractivity contribution in [2.24, 2.45) is 11.1 Å². The van der Waals surface area contributed by atoms with Gasteiger partial charge in [-0.1, -0.05) is 40.5 Å². The molecule has 0 heterocycles. The molecule has 92 valence electrons. The third-order valence-electron chi connectivity index (χ3n) is 2.37. The Hall–Kier alpha value is -0.570. The molecule has 1 fully saturated rings. The van der Waals surface area contributed by atoms with Crippen molar-refractivity contribution in [3.05, 3.63) is 0 Å². The van der Waals surface area contributed by atoms with E-state index in [1.54, 1.807) is 0 Å². The van der Waals surface area contributed by atoms with Gasteiger partial charge in [0.15, 0.2) is 0 Å². The lowest BCUT2D eigenvalue weighted by molar-refractivity contribution is -0.141. The molecule has 1 aliphatic rings. The molecular weight excluding hydrogens is 190 g/mol. The van der Waals surface area contributed by atoms with Gasteiger partial charge in [-0.3, -0.25) is 4.79 Å². The van der Waals surface area contributed by atoms with Gasteiger partial charge in [-0.25, -0.2) is 0 Å². The Morgan fingerprint density at radius 2 is 1.73 bits per heavy atom. The second-order valence-corrected chi connectivity index (χ2v) is 3.84. The molecule has 0 unspecified atom stereocenters. The quantitative estimate of drug-likeness (QED) is 0.763. The molecule has 0 bridgehead atoms. The van der Waals surface area contributed by atoms with Crippen LogP contribution in [0, 0.1) is 5.41 Å². The molecule has 1 aliphatic carbocycles. The fourth-order valence-electron chi connectivity index (χ4n) is 1.45. The first-order valence-corrected chi connectivity index (χ1v) is 6.02. The summed E-state index contributed by atoms with van der Waals surface area (Å²) >= 11 is 0. The first-order valence-electron chi connectivity index (χ1n) is 6.02. The van der Waals surface area contributed by atoms with Crippen LogP contribution in [-0.4, -0.2) is 17.6 Å². The first kappa shape index (κ1) is 16.8. The predicted molar refractivity (Wildman–Crippen MR) is 64.9 cm³/mol. The van der Waals surface area contributed by atoms with Crippen molar-refractivity contribution >= 4 is 5.97 Å². The fourth-order valence-corrected chi connectivity index (χ4v) is 1.45. The van der Waals surface area contributed by atoms with Gasteiger partial charge in [0.05, 0.1) is 6.42 Å². The Bertz CT molecular complexity index is 148. The Labute approximate surface area is 94.1 Å². The molecule has 0 amide bonds. The van der Waals surface area contributed by atoms with Gasteiger partial charge in [-0.15, -0.1) is 0 Å². The zero-order valence-corrected chi connectivity index (χ0v) is 10.7. The van der Waals surface area contributed by atoms with E-state index >= 15 is 0 Å². The summed E-state index contributed by atoms with van der Waals surface area (Å²) in [5.41, 5.74) is 5.42. The largest absolute Gasteiger partial charge is 0.481 e. The van der Waals surface area contributed by atoms with Crippen LogP contribution < -0.4 is 5.73 Å². The van der Waals surface area contributed by atoms with Crippen molar-refractivity contribution in [2.45, 2.75) is 59.8 Å². The van der Waals surface area contributed by atoms with Crippen LogP contribution in [0.5, 0.6) is 0 Å². The minimum Gasteiger partial charge on any atom is -0.481 e. The topological polar surface area (TPSA) is 63.3 Å². The van der Waals surface area contributed by atoms with Crippen LogP contribution in [0.25, 0.3) is 0 Å². The Kier molecular flexibility index (Phi) is 11.2. The summed E-state index contributed by atoms with van der Waals surface area (Å²) in [6.07, 6.45) is 4.64. The van der Waals surface area contributed by atoms with Crippen LogP contribution >= 0.6 is 0 Å². The Morgan fingerprint density at radius 1 is 1.33 bits per heavy atom. The molecule has 0 aromatic heterocycles. The second kappa shape index (κ2) is 9.97. The summed E-state index contributed by atoms with van der Waals surface area (Å²) in [5, 5.41) is 8.49. The highest BCUT2D eigenvalue weighted by atomic mass is 16.4. The number of carbonyl (C=O) groups is 1. The number of carboxylic acid groups (broad SMARTS) is 1. The zero-order chi connectivity index (χ0) is 12.3. The molecule has 3 N–H and O–H groups in total. The molecule has 0 spiro atoms. The second-order valence-electron chi connectivity index (χ2n) is 3.84. The summed E-state index contributed by atoms with van der Waals surface area (Å²) in [7, 11) is 0. The van der Waals surface area contributed by atoms with Gasteiger partial charge in [-0.2, -0.15) is 0 Å². The number of hydrogen-bond acceptors (Lipinski definition) is 2. The Balaban J connectivity index is 0. The summed E-state index contributed by atoms with van der Waals surface area (Å²) in [4.78, 5) is 10.3. The molecule has 3 heteroatoms. The van der Waals surface area contributed by atoms with E-state index in [1.807, 2.05) is 13.8 Å². The summed E-state index contributed by atoms with van der Waals surface area (Å²) in [5.74, 6) is -0.717. The maximum atomic E-state index is 10.3. The highest BCUT2D eigenvalue weighted by Gasteiger charge is 2.37. The number of rotatable bonds is 3. The van der Waals surface area contributed by atoms with E-state index in [-0.39, 0.29) is 11.8 Å². The van der Waals surface area contributed by atoms with Gasteiger partial charge in [0.25, 0.3) is 0 Å². The van der Waals surface area contributed by atoms with Gasteiger partial charge < -0.3 is 10.8 Å². The van der Waals surface area contributed by atoms with E-state index in [0.29, 0.717) is 6.54 Å². The van der Waals surface area contributed by atoms with Gasteiger partial charge in [0, 0.05) is 0 Å². The molecular formula is C12H27NO2. The molecule has 0 saturated heterocycles. The molecule has 0 aromatic rings. The lowest BCUT2D eigenvalue weighted by Gasteiger charge is -2.39. The maximum absolute atomic E-state index is 10.3. The van der Waals surface area contributed by atoms with Crippen molar-refractivity contribution < 1.29 is 9.90 Å². The molecule has 0 aliphatic heterocycles. The average molecular weight is 217 g/mol. The molecule has 0 radical (unpaired) electrons. The SMILES string of the molecule is CC.CCC.NCC1(CC(=O)O)CCC1. The van der Waals surface area contributed by atoms with Crippen LogP contribution in [0.2, 0.25) is 0 Å². The number of aliphatic carboxylic acids is 1. The zero-order valence-electron chi connectivity index (χ0n) is 10.7. The van der Waals surface area contributed by atoms with Crippen molar-refractivity contribution in [1.29, 1.82) is 0 Å². The summed E-state index contributed by atoms with van der Waals surface area (Å²) in [6, 6.07) is 0. The van der Waals surface area contributed by atoms with E-state index in [1.165, 1.54) is 6.42 Å². The van der Waals surface area contributed by atoms with Gasteiger partial charge in [-0.05, 0) is 24.8 Å². The highest BCUT2D eigenvalue weighted by Crippen LogP contribution is 2.42. The number of carboxylic acids is 1. The van der Waals surface area contributed by atoms with Gasteiger partial charge in [0.2, 0.25) is 0 Å². The molecule has 0 aromatic carbocycles. The lowest BCUT2D eigenvalue weighted by Crippen LogP contribution is -2.39. The van der Waals surface area contributed by atoms with E-state index in [0.717, 1.165) is 19.3 Å². The van der Waals surface area contributed by atoms with Gasteiger partial charge >= 0.3 is 5.97 Å². The van der Waals surface area contributed by atoms with Crippen LogP contribution in [0.3, 0.4) is 0 Å². The fraction of sp³-hybridized carbons (Fsp3) is 0.917. The Morgan fingerprint density at radius 3 is 1.80 bits per heavy atom. The lowest BCUT2D eigenvalue weighted by atomic mass is 9.67. The van der Waals surface area contributed by atoms with E-state index in [9.17, 15) is 4.79 Å². The standard InChI is InChI=1S/C7H13NO2.C3H8.C2H6/c8-5-7(2-1-3-7)4-6(9)10;1-3-2;1-2/h1-5,8H2,(H,9,10);3H2,1-2H3;1-2H3. The van der Waals surface area contributed by atoms with E-state index in [4.69, 9.17) is 10.8 Å². The minimum absolute atomic E-state index is 0.0359. The molecule has 3 nitrogen and oxygen atoms in total. The summed E-state index contributed by atoms with van der Waals surface area (Å²) < 4.78 is 0. The van der Waals surface area contributed by atoms with Crippen molar-refractivity contribution in [2.75, 3.05) is 6.54 Å². The van der Waals surface area contributed by atoms with Crippen LogP contribution in [0.15, 0.2) is 0 Å². The molecule has 15 heavy (non-hydrogen) atoms. The summed E-state index contributed by atoms with van der Waals surface area (Å²) in [6.45, 7) is 8.78. The third kappa shape index (κ3) is 7.37. The number of hydrogen-bond donors (Lipinski definition) is 2. The molecule has 1 saturated carbocycles. The van der Waals surface area contributed by atoms with Crippen LogP contribution in [-0.2, 0) is 4.79 Å². The maximum Gasteiger partial charge on any atom is 0.303 e. The van der Waals surface area contributed by atoms with Crippen LogP contribution in [0.4, 0.5) is 0 Å². The number of nitrogens with two attached hydrogens (primary N) is 1. The van der Waals surface area contributed by atoms with Crippen molar-refractivity contribution in [3.8, 4) is 0 Å². The van der Waals surface area contributed by atoms with Crippen molar-refractivity contribution in [3.63, 3.8) is 0 Å². The third-order valence-corrected chi connectivity index (χ3v) is 2.37. The molecule has 1 rings (SSSR count). The monoisotopic (exact) mass is 217 g/mol. The highest BCUT2D eigenvalue weighted by molar-refractivity contribution is 5.67. The first-order chi connectivity index (χ1) is 7.10. The molecule has 0 atom stereocenters. The predicted octanol–water partition coefficient (Wildman–Crippen LogP) is 3.03. The van der Waals surface area contributed by atoms with E-state index in [2.05, 4.69) is 13.8 Å². The van der Waals surface area contributed by atoms with Crippen LogP contribution in [0.1, 0.15) is 59.8 Å².